The topological polar surface area (TPSA) is 67.9 Å². The number of amides is 2. The molecule has 6 nitrogen and oxygen atoms in total. The zero-order chi connectivity index (χ0) is 22.4. The second-order valence-corrected chi connectivity index (χ2v) is 7.69. The van der Waals surface area contributed by atoms with Crippen LogP contribution in [0, 0.1) is 0 Å². The molecule has 6 heteroatoms. The van der Waals surface area contributed by atoms with Crippen molar-refractivity contribution in [1.82, 2.24) is 4.90 Å². The SMILES string of the molecule is CCc1ccc(NC2=C(c3ccc(OC)cc3)C(=O)N(CCCOC(C)C)C2=O)cc1. The maximum absolute atomic E-state index is 13.2. The Morgan fingerprint density at radius 2 is 1.65 bits per heavy atom. The fraction of sp³-hybridized carbons (Fsp3) is 0.360. The number of nitrogens with one attached hydrogen (secondary N) is 1. The summed E-state index contributed by atoms with van der Waals surface area (Å²) in [5, 5.41) is 3.19. The summed E-state index contributed by atoms with van der Waals surface area (Å²) >= 11 is 0. The van der Waals surface area contributed by atoms with Crippen molar-refractivity contribution in [2.75, 3.05) is 25.6 Å². The van der Waals surface area contributed by atoms with Crippen molar-refractivity contribution in [3.8, 4) is 5.75 Å². The first-order valence-electron chi connectivity index (χ1n) is 10.7. The smallest absolute Gasteiger partial charge is 0.278 e. The van der Waals surface area contributed by atoms with Gasteiger partial charge in [0.2, 0.25) is 0 Å². The van der Waals surface area contributed by atoms with Crippen LogP contribution in [-0.2, 0) is 20.7 Å². The average Bonchev–Trinajstić information content (AvgIpc) is 3.01. The highest BCUT2D eigenvalue weighted by Gasteiger charge is 2.38. The standard InChI is InChI=1S/C25H30N2O4/c1-5-18-7-11-20(12-8-18)26-23-22(19-9-13-21(30-4)14-10-19)24(28)27(25(23)29)15-6-16-31-17(2)3/h7-14,17,26H,5-6,15-16H2,1-4H3. The van der Waals surface area contributed by atoms with Crippen LogP contribution in [0.1, 0.15) is 38.3 Å². The Kier molecular flexibility index (Phi) is 7.47. The van der Waals surface area contributed by atoms with E-state index in [0.29, 0.717) is 42.2 Å². The minimum absolute atomic E-state index is 0.112. The van der Waals surface area contributed by atoms with Crippen LogP contribution in [0.15, 0.2) is 54.2 Å². The Balaban J connectivity index is 1.89. The zero-order valence-corrected chi connectivity index (χ0v) is 18.6. The van der Waals surface area contributed by atoms with Gasteiger partial charge in [0.05, 0.1) is 18.8 Å². The molecule has 1 aliphatic rings. The molecule has 0 radical (unpaired) electrons. The van der Waals surface area contributed by atoms with Gasteiger partial charge >= 0.3 is 0 Å². The van der Waals surface area contributed by atoms with Crippen LogP contribution in [0.5, 0.6) is 5.75 Å². The van der Waals surface area contributed by atoms with Crippen molar-refractivity contribution >= 4 is 23.1 Å². The summed E-state index contributed by atoms with van der Waals surface area (Å²) in [6.45, 7) is 6.81. The Bertz CT molecular complexity index is 946. The molecule has 3 rings (SSSR count). The summed E-state index contributed by atoms with van der Waals surface area (Å²) in [5.41, 5.74) is 3.31. The van der Waals surface area contributed by atoms with Gasteiger partial charge in [-0.1, -0.05) is 31.2 Å². The van der Waals surface area contributed by atoms with E-state index in [9.17, 15) is 9.59 Å². The van der Waals surface area contributed by atoms with Crippen LogP contribution < -0.4 is 10.1 Å². The van der Waals surface area contributed by atoms with E-state index in [1.807, 2.05) is 38.1 Å². The lowest BCUT2D eigenvalue weighted by molar-refractivity contribution is -0.137. The number of hydrogen-bond acceptors (Lipinski definition) is 5. The van der Waals surface area contributed by atoms with Gasteiger partial charge in [-0.15, -0.1) is 0 Å². The van der Waals surface area contributed by atoms with Crippen LogP contribution in [0.4, 0.5) is 5.69 Å². The number of nitrogens with zero attached hydrogens (tertiary/aromatic N) is 1. The lowest BCUT2D eigenvalue weighted by atomic mass is 10.0. The van der Waals surface area contributed by atoms with Gasteiger partial charge in [-0.2, -0.15) is 0 Å². The number of methoxy groups -OCH3 is 1. The fourth-order valence-corrected chi connectivity index (χ4v) is 3.43. The molecule has 1 heterocycles. The number of aryl methyl sites for hydroxylation is 1. The summed E-state index contributed by atoms with van der Waals surface area (Å²) in [5.74, 6) is 0.0702. The minimum atomic E-state index is -0.320. The number of rotatable bonds is 10. The molecule has 0 aromatic heterocycles. The van der Waals surface area contributed by atoms with E-state index < -0.39 is 0 Å². The molecular weight excluding hydrogens is 392 g/mol. The third kappa shape index (κ3) is 5.33. The number of carbonyl (C=O) groups excluding carboxylic acids is 2. The highest BCUT2D eigenvalue weighted by atomic mass is 16.5. The highest BCUT2D eigenvalue weighted by molar-refractivity contribution is 6.36. The molecule has 0 atom stereocenters. The normalized spacial score (nSPS) is 14.0. The molecule has 0 unspecified atom stereocenters. The monoisotopic (exact) mass is 422 g/mol. The van der Waals surface area contributed by atoms with E-state index in [1.165, 1.54) is 10.5 Å². The first kappa shape index (κ1) is 22.6. The molecule has 0 fully saturated rings. The van der Waals surface area contributed by atoms with Crippen LogP contribution >= 0.6 is 0 Å². The number of anilines is 1. The second-order valence-electron chi connectivity index (χ2n) is 7.69. The van der Waals surface area contributed by atoms with E-state index in [-0.39, 0.29) is 17.9 Å². The average molecular weight is 423 g/mol. The Morgan fingerprint density at radius 3 is 2.23 bits per heavy atom. The molecule has 31 heavy (non-hydrogen) atoms. The number of benzene rings is 2. The quantitative estimate of drug-likeness (QED) is 0.458. The van der Waals surface area contributed by atoms with Crippen LogP contribution in [-0.4, -0.2) is 43.1 Å². The van der Waals surface area contributed by atoms with Gasteiger partial charge in [-0.3, -0.25) is 14.5 Å². The molecule has 0 saturated heterocycles. The van der Waals surface area contributed by atoms with Gasteiger partial charge in [0.25, 0.3) is 11.8 Å². The molecule has 0 saturated carbocycles. The van der Waals surface area contributed by atoms with Crippen molar-refractivity contribution in [2.45, 2.75) is 39.7 Å². The Labute approximate surface area is 183 Å². The molecule has 2 aromatic carbocycles. The molecule has 1 N–H and O–H groups in total. The van der Waals surface area contributed by atoms with Gasteiger partial charge < -0.3 is 14.8 Å². The van der Waals surface area contributed by atoms with Gasteiger partial charge in [0.1, 0.15) is 11.4 Å². The summed E-state index contributed by atoms with van der Waals surface area (Å²) in [4.78, 5) is 27.7. The van der Waals surface area contributed by atoms with Gasteiger partial charge in [0, 0.05) is 18.8 Å². The first-order chi connectivity index (χ1) is 14.9. The van der Waals surface area contributed by atoms with Crippen molar-refractivity contribution in [3.63, 3.8) is 0 Å². The predicted octanol–water partition coefficient (Wildman–Crippen LogP) is 4.26. The summed E-state index contributed by atoms with van der Waals surface area (Å²) in [6.07, 6.45) is 1.63. The predicted molar refractivity (Wildman–Crippen MR) is 122 cm³/mol. The highest BCUT2D eigenvalue weighted by Crippen LogP contribution is 2.31. The van der Waals surface area contributed by atoms with Gasteiger partial charge in [-0.05, 0) is 62.1 Å². The summed E-state index contributed by atoms with van der Waals surface area (Å²) < 4.78 is 10.8. The lowest BCUT2D eigenvalue weighted by Gasteiger charge is -2.16. The Morgan fingerprint density at radius 1 is 0.968 bits per heavy atom. The van der Waals surface area contributed by atoms with Crippen molar-refractivity contribution < 1.29 is 19.1 Å². The van der Waals surface area contributed by atoms with Crippen LogP contribution in [0.25, 0.3) is 5.57 Å². The number of carbonyl (C=O) groups is 2. The van der Waals surface area contributed by atoms with Crippen molar-refractivity contribution in [2.24, 2.45) is 0 Å². The largest absolute Gasteiger partial charge is 0.497 e. The second kappa shape index (κ2) is 10.3. The van der Waals surface area contributed by atoms with E-state index in [2.05, 4.69) is 12.2 Å². The summed E-state index contributed by atoms with van der Waals surface area (Å²) in [7, 11) is 1.59. The number of hydrogen-bond donors (Lipinski definition) is 1. The molecule has 164 valence electrons. The minimum Gasteiger partial charge on any atom is -0.497 e. The van der Waals surface area contributed by atoms with E-state index in [1.54, 1.807) is 31.4 Å². The van der Waals surface area contributed by atoms with Crippen molar-refractivity contribution in [1.29, 1.82) is 0 Å². The number of imide groups is 1. The van der Waals surface area contributed by atoms with Crippen LogP contribution in [0.3, 0.4) is 0 Å². The molecule has 0 aliphatic carbocycles. The molecule has 0 bridgehead atoms. The van der Waals surface area contributed by atoms with E-state index in [0.717, 1.165) is 12.1 Å². The van der Waals surface area contributed by atoms with Crippen LogP contribution in [0.2, 0.25) is 0 Å². The Hall–Kier alpha value is -3.12. The molecule has 1 aliphatic heterocycles. The maximum atomic E-state index is 13.2. The van der Waals surface area contributed by atoms with Crippen molar-refractivity contribution in [3.05, 3.63) is 65.4 Å². The maximum Gasteiger partial charge on any atom is 0.278 e. The van der Waals surface area contributed by atoms with E-state index >= 15 is 0 Å². The first-order valence-corrected chi connectivity index (χ1v) is 10.7. The third-order valence-electron chi connectivity index (χ3n) is 5.16. The summed E-state index contributed by atoms with van der Waals surface area (Å²) in [6, 6.07) is 15.0. The lowest BCUT2D eigenvalue weighted by Crippen LogP contribution is -2.34. The third-order valence-corrected chi connectivity index (χ3v) is 5.16. The fourth-order valence-electron chi connectivity index (χ4n) is 3.43. The zero-order valence-electron chi connectivity index (χ0n) is 18.6. The van der Waals surface area contributed by atoms with Gasteiger partial charge in [-0.25, -0.2) is 0 Å². The molecule has 2 aromatic rings. The number of ether oxygens (including phenoxy) is 2. The molecule has 2 amide bonds. The molecular formula is C25H30N2O4. The molecule has 0 spiro atoms. The van der Waals surface area contributed by atoms with E-state index in [4.69, 9.17) is 9.47 Å². The van der Waals surface area contributed by atoms with Gasteiger partial charge in [0.15, 0.2) is 0 Å².